The van der Waals surface area contributed by atoms with E-state index >= 15 is 0 Å². The monoisotopic (exact) mass is 291 g/mol. The topological polar surface area (TPSA) is 55.6 Å². The van der Waals surface area contributed by atoms with Crippen LogP contribution in [0.3, 0.4) is 0 Å². The molecule has 1 aliphatic heterocycles. The van der Waals surface area contributed by atoms with Crippen molar-refractivity contribution in [3.05, 3.63) is 24.3 Å². The number of hydrogen-bond donors (Lipinski definition) is 1. The van der Waals surface area contributed by atoms with Gasteiger partial charge in [0.2, 0.25) is 0 Å². The molecule has 6 heteroatoms. The molecule has 3 rings (SSSR count). The van der Waals surface area contributed by atoms with Crippen LogP contribution in [-0.2, 0) is 6.54 Å². The largest absolute Gasteiger partial charge is 0.368 e. The number of nitrogens with one attached hydrogen (secondary N) is 1. The van der Waals surface area contributed by atoms with Crippen LogP contribution in [0.5, 0.6) is 0 Å². The number of anilines is 1. The predicted molar refractivity (Wildman–Crippen MR) is 79.8 cm³/mol. The molecule has 0 saturated carbocycles. The van der Waals surface area contributed by atoms with Crippen molar-refractivity contribution in [3.63, 3.8) is 0 Å². The van der Waals surface area contributed by atoms with Gasteiger partial charge in [0.05, 0.1) is 17.3 Å². The first-order valence-corrected chi connectivity index (χ1v) is 7.34. The van der Waals surface area contributed by atoms with Crippen LogP contribution >= 0.6 is 11.6 Å². The van der Waals surface area contributed by atoms with Crippen LogP contribution in [-0.4, -0.2) is 26.3 Å². The maximum atomic E-state index is 6.34. The lowest BCUT2D eigenvalue weighted by atomic mass is 10.1. The first-order valence-electron chi connectivity index (χ1n) is 6.91. The average Bonchev–Trinajstić information content (AvgIpc) is 3.04. The van der Waals surface area contributed by atoms with Gasteiger partial charge in [0.15, 0.2) is 0 Å². The van der Waals surface area contributed by atoms with Gasteiger partial charge >= 0.3 is 0 Å². The van der Waals surface area contributed by atoms with Gasteiger partial charge < -0.3 is 5.32 Å². The lowest BCUT2D eigenvalue weighted by Crippen LogP contribution is -2.01. The molecule has 0 amide bonds. The predicted octanol–water partition coefficient (Wildman–Crippen LogP) is 3.09. The van der Waals surface area contributed by atoms with Crippen molar-refractivity contribution < 1.29 is 0 Å². The van der Waals surface area contributed by atoms with E-state index in [1.54, 1.807) is 6.33 Å². The second-order valence-corrected chi connectivity index (χ2v) is 6.03. The van der Waals surface area contributed by atoms with Crippen LogP contribution in [0, 0.1) is 5.92 Å². The van der Waals surface area contributed by atoms with Gasteiger partial charge in [-0.2, -0.15) is 5.10 Å². The molecule has 106 valence electrons. The zero-order valence-electron chi connectivity index (χ0n) is 11.7. The van der Waals surface area contributed by atoms with Gasteiger partial charge in [-0.25, -0.2) is 9.97 Å². The van der Waals surface area contributed by atoms with Crippen LogP contribution < -0.4 is 5.32 Å². The Morgan fingerprint density at radius 1 is 1.45 bits per heavy atom. The lowest BCUT2D eigenvalue weighted by Gasteiger charge is -2.06. The summed E-state index contributed by atoms with van der Waals surface area (Å²) in [5, 5.41) is 7.52. The summed E-state index contributed by atoms with van der Waals surface area (Å²) in [6, 6.07) is 0. The fourth-order valence-electron chi connectivity index (χ4n) is 2.35. The van der Waals surface area contributed by atoms with Crippen molar-refractivity contribution in [2.75, 3.05) is 11.9 Å². The number of aryl methyl sites for hydroxylation is 1. The first-order chi connectivity index (χ1) is 9.65. The molecule has 2 aromatic heterocycles. The standard InChI is InChI=1S/C14H18ClN5/c1-9(2)3-4-20-7-10(5-19-20)13-12-11(15)6-16-14(12)18-8-17-13/h5,7-9,11H,3-4,6H2,1-2H3,(H,16,17,18). The summed E-state index contributed by atoms with van der Waals surface area (Å²) >= 11 is 6.34. The molecule has 0 aromatic carbocycles. The summed E-state index contributed by atoms with van der Waals surface area (Å²) in [7, 11) is 0. The highest BCUT2D eigenvalue weighted by Crippen LogP contribution is 2.38. The minimum absolute atomic E-state index is 0.0831. The van der Waals surface area contributed by atoms with Crippen LogP contribution in [0.4, 0.5) is 5.82 Å². The molecule has 1 unspecified atom stereocenters. The zero-order chi connectivity index (χ0) is 14.1. The Morgan fingerprint density at radius 2 is 2.30 bits per heavy atom. The van der Waals surface area contributed by atoms with Crippen LogP contribution in [0.15, 0.2) is 18.7 Å². The van der Waals surface area contributed by atoms with Gasteiger partial charge in [-0.1, -0.05) is 13.8 Å². The van der Waals surface area contributed by atoms with E-state index in [-0.39, 0.29) is 5.38 Å². The summed E-state index contributed by atoms with van der Waals surface area (Å²) in [6.45, 7) is 6.05. The number of halogens is 1. The number of alkyl halides is 1. The third-order valence-electron chi connectivity index (χ3n) is 3.49. The highest BCUT2D eigenvalue weighted by molar-refractivity contribution is 6.22. The first kappa shape index (κ1) is 13.4. The molecule has 0 aliphatic carbocycles. The van der Waals surface area contributed by atoms with Gasteiger partial charge in [-0.05, 0) is 12.3 Å². The lowest BCUT2D eigenvalue weighted by molar-refractivity contribution is 0.487. The number of rotatable bonds is 4. The molecule has 3 heterocycles. The van der Waals surface area contributed by atoms with E-state index in [1.165, 1.54) is 0 Å². The van der Waals surface area contributed by atoms with Crippen molar-refractivity contribution >= 4 is 17.4 Å². The third-order valence-corrected chi connectivity index (χ3v) is 3.86. The molecule has 5 nitrogen and oxygen atoms in total. The van der Waals surface area contributed by atoms with Gasteiger partial charge in [0.25, 0.3) is 0 Å². The van der Waals surface area contributed by atoms with Crippen LogP contribution in [0.2, 0.25) is 0 Å². The van der Waals surface area contributed by atoms with E-state index < -0.39 is 0 Å². The van der Waals surface area contributed by atoms with Crippen LogP contribution in [0.1, 0.15) is 31.2 Å². The smallest absolute Gasteiger partial charge is 0.134 e. The quantitative estimate of drug-likeness (QED) is 0.880. The second-order valence-electron chi connectivity index (χ2n) is 5.51. The minimum Gasteiger partial charge on any atom is -0.368 e. The van der Waals surface area contributed by atoms with Crippen molar-refractivity contribution in [1.82, 2.24) is 19.7 Å². The van der Waals surface area contributed by atoms with Crippen molar-refractivity contribution in [3.8, 4) is 11.3 Å². The molecule has 0 spiro atoms. The van der Waals surface area contributed by atoms with Crippen molar-refractivity contribution in [1.29, 1.82) is 0 Å². The Hall–Kier alpha value is -1.62. The molecule has 0 saturated heterocycles. The minimum atomic E-state index is -0.0831. The number of fused-ring (bicyclic) bond motifs is 1. The molecule has 1 aliphatic rings. The van der Waals surface area contributed by atoms with Gasteiger partial charge in [0, 0.05) is 30.4 Å². The highest BCUT2D eigenvalue weighted by atomic mass is 35.5. The zero-order valence-corrected chi connectivity index (χ0v) is 12.4. The Kier molecular flexibility index (Phi) is 3.61. The normalized spacial score (nSPS) is 17.3. The summed E-state index contributed by atoms with van der Waals surface area (Å²) in [4.78, 5) is 8.62. The van der Waals surface area contributed by atoms with E-state index in [9.17, 15) is 0 Å². The van der Waals surface area contributed by atoms with Crippen molar-refractivity contribution in [2.45, 2.75) is 32.2 Å². The van der Waals surface area contributed by atoms with Crippen molar-refractivity contribution in [2.24, 2.45) is 5.92 Å². The number of hydrogen-bond acceptors (Lipinski definition) is 4. The molecule has 0 fully saturated rings. The fraction of sp³-hybridized carbons (Fsp3) is 0.500. The summed E-state index contributed by atoms with van der Waals surface area (Å²) in [5.74, 6) is 1.51. The van der Waals surface area contributed by atoms with Gasteiger partial charge in [0.1, 0.15) is 12.1 Å². The highest BCUT2D eigenvalue weighted by Gasteiger charge is 2.26. The number of nitrogens with zero attached hydrogens (tertiary/aromatic N) is 4. The molecule has 1 N–H and O–H groups in total. The van der Waals surface area contributed by atoms with E-state index in [4.69, 9.17) is 11.6 Å². The van der Waals surface area contributed by atoms with Gasteiger partial charge in [-0.15, -0.1) is 11.6 Å². The molecule has 1 atom stereocenters. The average molecular weight is 292 g/mol. The molecular weight excluding hydrogens is 274 g/mol. The Bertz CT molecular complexity index is 607. The SMILES string of the molecule is CC(C)CCn1cc(-c2ncnc3c2C(Cl)CN3)cn1. The summed E-state index contributed by atoms with van der Waals surface area (Å²) in [6.07, 6.45) is 6.57. The van der Waals surface area contributed by atoms with Gasteiger partial charge in [-0.3, -0.25) is 4.68 Å². The Morgan fingerprint density at radius 3 is 3.10 bits per heavy atom. The van der Waals surface area contributed by atoms with E-state index in [2.05, 4.69) is 34.2 Å². The Balaban J connectivity index is 1.89. The molecule has 0 bridgehead atoms. The van der Waals surface area contributed by atoms with Crippen LogP contribution in [0.25, 0.3) is 11.3 Å². The molecule has 20 heavy (non-hydrogen) atoms. The summed E-state index contributed by atoms with van der Waals surface area (Å²) < 4.78 is 1.97. The number of aromatic nitrogens is 4. The third kappa shape index (κ3) is 2.50. The summed E-state index contributed by atoms with van der Waals surface area (Å²) in [5.41, 5.74) is 2.87. The fourth-order valence-corrected chi connectivity index (χ4v) is 2.63. The van der Waals surface area contributed by atoms with E-state index in [1.807, 2.05) is 17.1 Å². The molecule has 2 aromatic rings. The Labute approximate surface area is 123 Å². The van der Waals surface area contributed by atoms with E-state index in [0.717, 1.165) is 35.6 Å². The molecule has 0 radical (unpaired) electrons. The maximum absolute atomic E-state index is 6.34. The second kappa shape index (κ2) is 5.40. The molecular formula is C14H18ClN5. The van der Waals surface area contributed by atoms with E-state index in [0.29, 0.717) is 12.5 Å². The maximum Gasteiger partial charge on any atom is 0.134 e.